The van der Waals surface area contributed by atoms with E-state index in [-0.39, 0.29) is 12.3 Å². The van der Waals surface area contributed by atoms with Crippen LogP contribution in [-0.4, -0.2) is 29.5 Å². The van der Waals surface area contributed by atoms with Gasteiger partial charge in [0.2, 0.25) is 0 Å². The Labute approximate surface area is 94.6 Å². The van der Waals surface area contributed by atoms with Crippen LogP contribution in [0.4, 0.5) is 0 Å². The summed E-state index contributed by atoms with van der Waals surface area (Å²) in [6.45, 7) is 3.91. The Balaban J connectivity index is 4.43. The monoisotopic (exact) mass is 236 g/mol. The van der Waals surface area contributed by atoms with E-state index in [0.717, 1.165) is 0 Å². The SMILES string of the molecule is COC(=O)C[C@@H](CC(C)C)C(Cl)C(=O)O. The fourth-order valence-electron chi connectivity index (χ4n) is 1.41. The quantitative estimate of drug-likeness (QED) is 0.565. The number of carbonyl (C=O) groups is 2. The summed E-state index contributed by atoms with van der Waals surface area (Å²) in [6, 6.07) is 0. The summed E-state index contributed by atoms with van der Waals surface area (Å²) in [5.74, 6) is -1.60. The lowest BCUT2D eigenvalue weighted by Crippen LogP contribution is -2.28. The van der Waals surface area contributed by atoms with Crippen molar-refractivity contribution in [3.63, 3.8) is 0 Å². The number of carboxylic acid groups (broad SMARTS) is 1. The van der Waals surface area contributed by atoms with Crippen molar-refractivity contribution >= 4 is 23.5 Å². The summed E-state index contributed by atoms with van der Waals surface area (Å²) in [6.07, 6.45) is 0.644. The highest BCUT2D eigenvalue weighted by atomic mass is 35.5. The van der Waals surface area contributed by atoms with Crippen LogP contribution in [0, 0.1) is 11.8 Å². The zero-order valence-corrected chi connectivity index (χ0v) is 9.95. The molecule has 0 aliphatic rings. The van der Waals surface area contributed by atoms with Crippen LogP contribution in [0.15, 0.2) is 0 Å². The van der Waals surface area contributed by atoms with Crippen LogP contribution in [0.1, 0.15) is 26.7 Å². The standard InChI is InChI=1S/C10H17ClO4/c1-6(2)4-7(5-8(12)15-3)9(11)10(13)14/h6-7,9H,4-5H2,1-3H3,(H,13,14)/t7-,9?/m1/s1. The number of aliphatic carboxylic acids is 1. The number of esters is 1. The van der Waals surface area contributed by atoms with Gasteiger partial charge >= 0.3 is 11.9 Å². The van der Waals surface area contributed by atoms with Crippen LogP contribution in [0.5, 0.6) is 0 Å². The average molecular weight is 237 g/mol. The molecule has 0 heterocycles. The fourth-order valence-corrected chi connectivity index (χ4v) is 1.60. The van der Waals surface area contributed by atoms with Crippen molar-refractivity contribution in [1.82, 2.24) is 0 Å². The Morgan fingerprint density at radius 3 is 2.27 bits per heavy atom. The maximum atomic E-state index is 11.1. The fraction of sp³-hybridized carbons (Fsp3) is 0.800. The summed E-state index contributed by atoms with van der Waals surface area (Å²) >= 11 is 5.72. The Kier molecular flexibility index (Phi) is 6.32. The molecule has 0 rings (SSSR count). The molecule has 0 saturated carbocycles. The number of ether oxygens (including phenoxy) is 1. The molecule has 1 N–H and O–H groups in total. The lowest BCUT2D eigenvalue weighted by molar-refractivity contribution is -0.143. The molecule has 0 aromatic rings. The van der Waals surface area contributed by atoms with Gasteiger partial charge in [-0.05, 0) is 18.3 Å². The minimum Gasteiger partial charge on any atom is -0.480 e. The molecule has 0 aromatic carbocycles. The highest BCUT2D eigenvalue weighted by Gasteiger charge is 2.28. The number of halogens is 1. The van der Waals surface area contributed by atoms with E-state index < -0.39 is 17.3 Å². The van der Waals surface area contributed by atoms with E-state index in [1.54, 1.807) is 0 Å². The molecule has 4 nitrogen and oxygen atoms in total. The first-order chi connectivity index (χ1) is 6.88. The first-order valence-corrected chi connectivity index (χ1v) is 5.25. The molecule has 0 spiro atoms. The number of hydrogen-bond acceptors (Lipinski definition) is 3. The third-order valence-electron chi connectivity index (χ3n) is 2.08. The highest BCUT2D eigenvalue weighted by Crippen LogP contribution is 2.24. The van der Waals surface area contributed by atoms with Crippen molar-refractivity contribution in [2.24, 2.45) is 11.8 Å². The second-order valence-electron chi connectivity index (χ2n) is 3.91. The van der Waals surface area contributed by atoms with Crippen LogP contribution in [0.25, 0.3) is 0 Å². The number of rotatable bonds is 6. The predicted molar refractivity (Wildman–Crippen MR) is 56.9 cm³/mol. The van der Waals surface area contributed by atoms with Gasteiger partial charge in [-0.2, -0.15) is 0 Å². The van der Waals surface area contributed by atoms with E-state index >= 15 is 0 Å². The van der Waals surface area contributed by atoms with Gasteiger partial charge in [0, 0.05) is 0 Å². The normalized spacial score (nSPS) is 14.7. The molecule has 5 heteroatoms. The van der Waals surface area contributed by atoms with Gasteiger partial charge < -0.3 is 9.84 Å². The Morgan fingerprint density at radius 2 is 1.93 bits per heavy atom. The predicted octanol–water partition coefficient (Wildman–Crippen LogP) is 1.90. The molecular formula is C10H17ClO4. The molecule has 0 saturated heterocycles. The molecule has 0 fully saturated rings. The van der Waals surface area contributed by atoms with E-state index in [9.17, 15) is 9.59 Å². The molecule has 0 bridgehead atoms. The molecule has 0 amide bonds. The summed E-state index contributed by atoms with van der Waals surface area (Å²) in [5, 5.41) is 7.73. The zero-order chi connectivity index (χ0) is 12.0. The molecule has 1 unspecified atom stereocenters. The van der Waals surface area contributed by atoms with Gasteiger partial charge in [0.15, 0.2) is 0 Å². The van der Waals surface area contributed by atoms with Crippen LogP contribution >= 0.6 is 11.6 Å². The number of alkyl halides is 1. The molecule has 0 aliphatic heterocycles. The topological polar surface area (TPSA) is 63.6 Å². The van der Waals surface area contributed by atoms with Crippen LogP contribution in [0.2, 0.25) is 0 Å². The zero-order valence-electron chi connectivity index (χ0n) is 9.20. The first-order valence-electron chi connectivity index (χ1n) is 4.82. The van der Waals surface area contributed by atoms with Gasteiger partial charge in [0.05, 0.1) is 13.5 Å². The largest absolute Gasteiger partial charge is 0.480 e. The lowest BCUT2D eigenvalue weighted by Gasteiger charge is -2.19. The Hall–Kier alpha value is -0.770. The van der Waals surface area contributed by atoms with E-state index in [1.807, 2.05) is 13.8 Å². The number of hydrogen-bond donors (Lipinski definition) is 1. The van der Waals surface area contributed by atoms with Crippen molar-refractivity contribution < 1.29 is 19.4 Å². The second kappa shape index (κ2) is 6.67. The Bertz CT molecular complexity index is 227. The minimum atomic E-state index is -1.09. The van der Waals surface area contributed by atoms with Gasteiger partial charge in [0.1, 0.15) is 5.38 Å². The van der Waals surface area contributed by atoms with Gasteiger partial charge in [-0.3, -0.25) is 9.59 Å². The van der Waals surface area contributed by atoms with Gasteiger partial charge in [-0.25, -0.2) is 0 Å². The van der Waals surface area contributed by atoms with E-state index in [0.29, 0.717) is 12.3 Å². The van der Waals surface area contributed by atoms with Crippen LogP contribution in [0.3, 0.4) is 0 Å². The third-order valence-corrected chi connectivity index (χ3v) is 2.62. The van der Waals surface area contributed by atoms with Crippen molar-refractivity contribution in [3.05, 3.63) is 0 Å². The maximum Gasteiger partial charge on any atom is 0.321 e. The van der Waals surface area contributed by atoms with Crippen LogP contribution < -0.4 is 0 Å². The molecule has 2 atom stereocenters. The van der Waals surface area contributed by atoms with E-state index in [2.05, 4.69) is 4.74 Å². The summed E-state index contributed by atoms with van der Waals surface area (Å²) < 4.78 is 4.50. The maximum absolute atomic E-state index is 11.1. The van der Waals surface area contributed by atoms with E-state index in [1.165, 1.54) is 7.11 Å². The molecule has 0 radical (unpaired) electrons. The van der Waals surface area contributed by atoms with Gasteiger partial charge in [-0.1, -0.05) is 13.8 Å². The van der Waals surface area contributed by atoms with Crippen molar-refractivity contribution in [3.8, 4) is 0 Å². The lowest BCUT2D eigenvalue weighted by atomic mass is 9.91. The van der Waals surface area contributed by atoms with Gasteiger partial charge in [-0.15, -0.1) is 11.6 Å². The van der Waals surface area contributed by atoms with Crippen molar-refractivity contribution in [1.29, 1.82) is 0 Å². The number of carbonyl (C=O) groups excluding carboxylic acids is 1. The third kappa shape index (κ3) is 5.62. The molecule has 0 aliphatic carbocycles. The van der Waals surface area contributed by atoms with E-state index in [4.69, 9.17) is 16.7 Å². The van der Waals surface area contributed by atoms with Crippen molar-refractivity contribution in [2.45, 2.75) is 32.1 Å². The summed E-state index contributed by atoms with van der Waals surface area (Å²) in [4.78, 5) is 21.8. The van der Waals surface area contributed by atoms with Gasteiger partial charge in [0.25, 0.3) is 0 Å². The van der Waals surface area contributed by atoms with Crippen LogP contribution in [-0.2, 0) is 14.3 Å². The summed E-state index contributed by atoms with van der Waals surface area (Å²) in [5.41, 5.74) is 0. The highest BCUT2D eigenvalue weighted by molar-refractivity contribution is 6.29. The number of methoxy groups -OCH3 is 1. The van der Waals surface area contributed by atoms with Crippen molar-refractivity contribution in [2.75, 3.05) is 7.11 Å². The molecule has 15 heavy (non-hydrogen) atoms. The first kappa shape index (κ1) is 14.2. The number of carboxylic acids is 1. The smallest absolute Gasteiger partial charge is 0.321 e. The second-order valence-corrected chi connectivity index (χ2v) is 4.38. The molecule has 88 valence electrons. The average Bonchev–Trinajstić information content (AvgIpc) is 2.14. The molecule has 0 aromatic heterocycles. The Morgan fingerprint density at radius 1 is 1.40 bits per heavy atom. The minimum absolute atomic E-state index is 0.0507. The molecular weight excluding hydrogens is 220 g/mol. The summed E-state index contributed by atoms with van der Waals surface area (Å²) in [7, 11) is 1.28.